The Morgan fingerprint density at radius 1 is 1.13 bits per heavy atom. The Balaban J connectivity index is 1.47. The van der Waals surface area contributed by atoms with Crippen molar-refractivity contribution in [1.29, 1.82) is 0 Å². The minimum atomic E-state index is -0.450. The lowest BCUT2D eigenvalue weighted by Crippen LogP contribution is -2.41. The molecule has 0 bridgehead atoms. The van der Waals surface area contributed by atoms with E-state index in [1.807, 2.05) is 54.7 Å². The molecule has 156 valence electrons. The second kappa shape index (κ2) is 8.61. The first-order valence-electron chi connectivity index (χ1n) is 10.6. The number of hydrogen-bond acceptors (Lipinski definition) is 3. The SMILES string of the molecule is CCN(CC)c1ccc(NC(=O)C2CCC(=O)N2Cc2c[nH]c3ccccc23)cc1. The smallest absolute Gasteiger partial charge is 0.247 e. The summed E-state index contributed by atoms with van der Waals surface area (Å²) < 4.78 is 0. The van der Waals surface area contributed by atoms with Gasteiger partial charge >= 0.3 is 0 Å². The van der Waals surface area contributed by atoms with E-state index in [0.717, 1.165) is 40.9 Å². The Hall–Kier alpha value is -3.28. The van der Waals surface area contributed by atoms with Crippen LogP contribution in [0.3, 0.4) is 0 Å². The minimum absolute atomic E-state index is 0.0253. The first kappa shape index (κ1) is 20.0. The molecule has 0 saturated carbocycles. The molecule has 1 fully saturated rings. The zero-order valence-electron chi connectivity index (χ0n) is 17.5. The van der Waals surface area contributed by atoms with E-state index < -0.39 is 6.04 Å². The number of nitrogens with one attached hydrogen (secondary N) is 2. The second-order valence-electron chi connectivity index (χ2n) is 7.64. The molecule has 6 heteroatoms. The molecule has 3 aromatic rings. The fourth-order valence-corrected chi connectivity index (χ4v) is 4.22. The number of benzene rings is 2. The molecule has 1 aromatic heterocycles. The summed E-state index contributed by atoms with van der Waals surface area (Å²) in [6, 6.07) is 15.4. The summed E-state index contributed by atoms with van der Waals surface area (Å²) in [7, 11) is 0. The average molecular weight is 405 g/mol. The van der Waals surface area contributed by atoms with Crippen molar-refractivity contribution < 1.29 is 9.59 Å². The third-order valence-electron chi connectivity index (χ3n) is 5.91. The van der Waals surface area contributed by atoms with Crippen LogP contribution >= 0.6 is 0 Å². The summed E-state index contributed by atoms with van der Waals surface area (Å²) in [6.07, 6.45) is 2.88. The van der Waals surface area contributed by atoms with Crippen molar-refractivity contribution in [3.05, 3.63) is 60.3 Å². The maximum Gasteiger partial charge on any atom is 0.247 e. The van der Waals surface area contributed by atoms with Gasteiger partial charge in [0.1, 0.15) is 6.04 Å². The number of carbonyl (C=O) groups is 2. The molecule has 0 spiro atoms. The summed E-state index contributed by atoms with van der Waals surface area (Å²) >= 11 is 0. The molecule has 1 aliphatic rings. The molecule has 6 nitrogen and oxygen atoms in total. The number of carbonyl (C=O) groups excluding carboxylic acids is 2. The van der Waals surface area contributed by atoms with Crippen LogP contribution in [-0.2, 0) is 16.1 Å². The number of aromatic amines is 1. The van der Waals surface area contributed by atoms with Crippen LogP contribution < -0.4 is 10.2 Å². The number of anilines is 2. The van der Waals surface area contributed by atoms with Crippen molar-refractivity contribution in [2.24, 2.45) is 0 Å². The van der Waals surface area contributed by atoms with Crippen LogP contribution in [0.1, 0.15) is 32.3 Å². The lowest BCUT2D eigenvalue weighted by Gasteiger charge is -2.24. The summed E-state index contributed by atoms with van der Waals surface area (Å²) in [5.41, 5.74) is 3.95. The van der Waals surface area contributed by atoms with Gasteiger partial charge in [0.2, 0.25) is 11.8 Å². The zero-order chi connectivity index (χ0) is 21.1. The molecular formula is C24H28N4O2. The van der Waals surface area contributed by atoms with Crippen molar-refractivity contribution in [1.82, 2.24) is 9.88 Å². The van der Waals surface area contributed by atoms with Gasteiger partial charge in [-0.3, -0.25) is 9.59 Å². The first-order chi connectivity index (χ1) is 14.6. The highest BCUT2D eigenvalue weighted by molar-refractivity contribution is 5.99. The summed E-state index contributed by atoms with van der Waals surface area (Å²) in [5, 5.41) is 4.08. The Morgan fingerprint density at radius 3 is 2.60 bits per heavy atom. The molecule has 4 rings (SSSR count). The lowest BCUT2D eigenvalue weighted by atomic mass is 10.1. The maximum atomic E-state index is 13.0. The maximum absolute atomic E-state index is 13.0. The van der Waals surface area contributed by atoms with Gasteiger partial charge in [0, 0.05) is 54.5 Å². The Labute approximate surface area is 176 Å². The minimum Gasteiger partial charge on any atom is -0.372 e. The standard InChI is InChI=1S/C24H28N4O2/c1-3-27(4-2)19-11-9-18(10-12-19)26-24(30)22-13-14-23(29)28(22)16-17-15-25-21-8-6-5-7-20(17)21/h5-12,15,22,25H,3-4,13-14,16H2,1-2H3,(H,26,30). The summed E-state index contributed by atoms with van der Waals surface area (Å²) in [5.74, 6) is -0.103. The zero-order valence-corrected chi connectivity index (χ0v) is 17.5. The molecule has 1 aliphatic heterocycles. The van der Waals surface area contributed by atoms with Crippen molar-refractivity contribution in [2.75, 3.05) is 23.3 Å². The number of fused-ring (bicyclic) bond motifs is 1. The van der Waals surface area contributed by atoms with Crippen LogP contribution in [0.25, 0.3) is 10.9 Å². The van der Waals surface area contributed by atoms with E-state index in [9.17, 15) is 9.59 Å². The van der Waals surface area contributed by atoms with Gasteiger partial charge in [-0.25, -0.2) is 0 Å². The summed E-state index contributed by atoms with van der Waals surface area (Å²) in [4.78, 5) is 32.7. The number of para-hydroxylation sites is 1. The first-order valence-corrected chi connectivity index (χ1v) is 10.6. The molecule has 2 amide bonds. The number of amides is 2. The van der Waals surface area contributed by atoms with Crippen LogP contribution in [0.15, 0.2) is 54.7 Å². The Bertz CT molecular complexity index is 1040. The number of likely N-dealkylation sites (tertiary alicyclic amines) is 1. The van der Waals surface area contributed by atoms with Gasteiger partial charge in [0.15, 0.2) is 0 Å². The van der Waals surface area contributed by atoms with E-state index in [4.69, 9.17) is 0 Å². The van der Waals surface area contributed by atoms with Crippen LogP contribution in [-0.4, -0.2) is 40.8 Å². The predicted molar refractivity (Wildman–Crippen MR) is 121 cm³/mol. The van der Waals surface area contributed by atoms with E-state index in [1.54, 1.807) is 4.90 Å². The van der Waals surface area contributed by atoms with E-state index in [0.29, 0.717) is 19.4 Å². The second-order valence-corrected chi connectivity index (χ2v) is 7.64. The van der Waals surface area contributed by atoms with Crippen LogP contribution in [0.5, 0.6) is 0 Å². The molecule has 2 aromatic carbocycles. The molecule has 30 heavy (non-hydrogen) atoms. The molecule has 1 saturated heterocycles. The fourth-order valence-electron chi connectivity index (χ4n) is 4.22. The highest BCUT2D eigenvalue weighted by Crippen LogP contribution is 2.26. The van der Waals surface area contributed by atoms with Crippen LogP contribution in [0.4, 0.5) is 11.4 Å². The molecule has 0 radical (unpaired) electrons. The number of hydrogen-bond donors (Lipinski definition) is 2. The Morgan fingerprint density at radius 2 is 1.87 bits per heavy atom. The van der Waals surface area contributed by atoms with Gasteiger partial charge in [-0.15, -0.1) is 0 Å². The van der Waals surface area contributed by atoms with Crippen molar-refractivity contribution >= 4 is 34.1 Å². The van der Waals surface area contributed by atoms with Gasteiger partial charge in [-0.2, -0.15) is 0 Å². The number of nitrogens with zero attached hydrogens (tertiary/aromatic N) is 2. The van der Waals surface area contributed by atoms with Gasteiger partial charge < -0.3 is 20.1 Å². The Kier molecular flexibility index (Phi) is 5.74. The molecule has 0 aliphatic carbocycles. The quantitative estimate of drug-likeness (QED) is 0.622. The average Bonchev–Trinajstić information content (AvgIpc) is 3.34. The molecule has 1 atom stereocenters. The monoisotopic (exact) mass is 404 g/mol. The highest BCUT2D eigenvalue weighted by atomic mass is 16.2. The molecule has 1 unspecified atom stereocenters. The topological polar surface area (TPSA) is 68.4 Å². The van der Waals surface area contributed by atoms with Gasteiger partial charge in [-0.1, -0.05) is 18.2 Å². The molecule has 2 heterocycles. The van der Waals surface area contributed by atoms with E-state index >= 15 is 0 Å². The number of H-pyrrole nitrogens is 1. The van der Waals surface area contributed by atoms with Crippen LogP contribution in [0.2, 0.25) is 0 Å². The van der Waals surface area contributed by atoms with Gasteiger partial charge in [0.25, 0.3) is 0 Å². The number of aromatic nitrogens is 1. The number of rotatable bonds is 7. The summed E-state index contributed by atoms with van der Waals surface area (Å²) in [6.45, 7) is 6.56. The highest BCUT2D eigenvalue weighted by Gasteiger charge is 2.36. The lowest BCUT2D eigenvalue weighted by molar-refractivity contribution is -0.133. The van der Waals surface area contributed by atoms with Gasteiger partial charge in [-0.05, 0) is 56.2 Å². The van der Waals surface area contributed by atoms with E-state index in [1.165, 1.54) is 0 Å². The molecule has 2 N–H and O–H groups in total. The predicted octanol–water partition coefficient (Wildman–Crippen LogP) is 4.14. The van der Waals surface area contributed by atoms with Crippen molar-refractivity contribution in [2.45, 2.75) is 39.3 Å². The van der Waals surface area contributed by atoms with Crippen molar-refractivity contribution in [3.63, 3.8) is 0 Å². The van der Waals surface area contributed by atoms with Gasteiger partial charge in [0.05, 0.1) is 0 Å². The largest absolute Gasteiger partial charge is 0.372 e. The van der Waals surface area contributed by atoms with Crippen molar-refractivity contribution in [3.8, 4) is 0 Å². The van der Waals surface area contributed by atoms with E-state index in [2.05, 4.69) is 29.0 Å². The third kappa shape index (κ3) is 3.90. The molecular weight excluding hydrogens is 376 g/mol. The third-order valence-corrected chi connectivity index (χ3v) is 5.91. The normalized spacial score (nSPS) is 16.3. The van der Waals surface area contributed by atoms with E-state index in [-0.39, 0.29) is 11.8 Å². The fraction of sp³-hybridized carbons (Fsp3) is 0.333. The van der Waals surface area contributed by atoms with Crippen LogP contribution in [0, 0.1) is 0 Å².